The molecule has 0 spiro atoms. The number of amides is 1. The Labute approximate surface area is 111 Å². The molecule has 1 heterocycles. The van der Waals surface area contributed by atoms with Gasteiger partial charge in [-0.25, -0.2) is 13.4 Å². The Hall–Kier alpha value is -1.95. The molecule has 100 valence electrons. The lowest BCUT2D eigenvalue weighted by Gasteiger charge is -2.10. The van der Waals surface area contributed by atoms with Crippen LogP contribution in [0.4, 0.5) is 5.82 Å². The molecule has 0 aliphatic heterocycles. The van der Waals surface area contributed by atoms with Gasteiger partial charge < -0.3 is 5.32 Å². The molecule has 0 radical (unpaired) electrons. The number of benzene rings is 1. The Morgan fingerprint density at radius 3 is 2.58 bits per heavy atom. The van der Waals surface area contributed by atoms with E-state index in [0.717, 1.165) is 17.2 Å². The minimum atomic E-state index is -3.40. The molecule has 0 aliphatic rings. The fraction of sp³-hybridized carbons (Fsp3) is 0.231. The number of carbonyl (C=O) groups is 1. The topological polar surface area (TPSA) is 76.1 Å². The zero-order chi connectivity index (χ0) is 14.0. The molecule has 5 nitrogen and oxygen atoms in total. The molecule has 1 N–H and O–H groups in total. The molecule has 1 amide bonds. The van der Waals surface area contributed by atoms with Crippen LogP contribution in [0.1, 0.15) is 6.92 Å². The van der Waals surface area contributed by atoms with Crippen LogP contribution < -0.4 is 5.32 Å². The molecule has 0 aliphatic carbocycles. The van der Waals surface area contributed by atoms with E-state index in [1.54, 1.807) is 6.07 Å². The molecule has 0 unspecified atom stereocenters. The number of hydrogen-bond acceptors (Lipinski definition) is 4. The van der Waals surface area contributed by atoms with Crippen LogP contribution in [0.25, 0.3) is 10.9 Å². The Morgan fingerprint density at radius 2 is 1.89 bits per heavy atom. The highest BCUT2D eigenvalue weighted by Gasteiger charge is 2.23. The number of rotatable bonds is 3. The number of nitrogens with zero attached hydrogens (tertiary/aromatic N) is 1. The van der Waals surface area contributed by atoms with Gasteiger partial charge in [-0.3, -0.25) is 4.79 Å². The second-order valence-corrected chi connectivity index (χ2v) is 6.72. The minimum absolute atomic E-state index is 0.346. The molecule has 2 aromatic rings. The Bertz CT molecular complexity index is 726. The zero-order valence-electron chi connectivity index (χ0n) is 10.6. The normalized spacial score (nSPS) is 13.2. The summed E-state index contributed by atoms with van der Waals surface area (Å²) in [5.41, 5.74) is 0.743. The lowest BCUT2D eigenvalue weighted by atomic mass is 10.2. The number of anilines is 1. The number of carbonyl (C=O) groups excluding carboxylic acids is 1. The predicted molar refractivity (Wildman–Crippen MR) is 74.7 cm³/mol. The van der Waals surface area contributed by atoms with Crippen molar-refractivity contribution >= 4 is 32.5 Å². The van der Waals surface area contributed by atoms with Gasteiger partial charge in [-0.1, -0.05) is 18.2 Å². The van der Waals surface area contributed by atoms with E-state index < -0.39 is 21.0 Å². The van der Waals surface area contributed by atoms with Crippen molar-refractivity contribution in [2.75, 3.05) is 11.6 Å². The highest BCUT2D eigenvalue weighted by molar-refractivity contribution is 7.92. The van der Waals surface area contributed by atoms with E-state index in [1.807, 2.05) is 30.3 Å². The highest BCUT2D eigenvalue weighted by Crippen LogP contribution is 2.15. The summed E-state index contributed by atoms with van der Waals surface area (Å²) in [6, 6.07) is 10.9. The smallest absolute Gasteiger partial charge is 0.243 e. The largest absolute Gasteiger partial charge is 0.310 e. The van der Waals surface area contributed by atoms with Gasteiger partial charge in [0, 0.05) is 11.6 Å². The minimum Gasteiger partial charge on any atom is -0.310 e. The first-order chi connectivity index (χ1) is 8.88. The zero-order valence-corrected chi connectivity index (χ0v) is 11.4. The third-order valence-corrected chi connectivity index (χ3v) is 4.36. The fourth-order valence-corrected chi connectivity index (χ4v) is 2.01. The maximum atomic E-state index is 11.8. The van der Waals surface area contributed by atoms with Gasteiger partial charge in [0.1, 0.15) is 11.1 Å². The van der Waals surface area contributed by atoms with Crippen LogP contribution in [0.3, 0.4) is 0 Å². The highest BCUT2D eigenvalue weighted by atomic mass is 32.2. The van der Waals surface area contributed by atoms with Crippen molar-refractivity contribution in [1.82, 2.24) is 4.98 Å². The monoisotopic (exact) mass is 278 g/mol. The van der Waals surface area contributed by atoms with Gasteiger partial charge in [0.05, 0.1) is 5.52 Å². The summed E-state index contributed by atoms with van der Waals surface area (Å²) in [4.78, 5) is 16.0. The van der Waals surface area contributed by atoms with E-state index in [4.69, 9.17) is 0 Å². The van der Waals surface area contributed by atoms with Crippen LogP contribution in [0.5, 0.6) is 0 Å². The molecule has 0 fully saturated rings. The van der Waals surface area contributed by atoms with Crippen molar-refractivity contribution in [2.24, 2.45) is 0 Å². The van der Waals surface area contributed by atoms with Gasteiger partial charge in [-0.05, 0) is 25.1 Å². The number of sulfone groups is 1. The number of nitrogens with one attached hydrogen (secondary N) is 1. The van der Waals surface area contributed by atoms with Gasteiger partial charge in [0.15, 0.2) is 9.84 Å². The molecule has 2 rings (SSSR count). The van der Waals surface area contributed by atoms with Crippen molar-refractivity contribution in [3.8, 4) is 0 Å². The van der Waals surface area contributed by atoms with Crippen molar-refractivity contribution in [1.29, 1.82) is 0 Å². The molecule has 0 saturated carbocycles. The molecular weight excluding hydrogens is 264 g/mol. The first-order valence-electron chi connectivity index (χ1n) is 5.73. The number of para-hydroxylation sites is 1. The molecule has 19 heavy (non-hydrogen) atoms. The second-order valence-electron chi connectivity index (χ2n) is 4.35. The Morgan fingerprint density at radius 1 is 1.21 bits per heavy atom. The third-order valence-electron chi connectivity index (χ3n) is 2.86. The quantitative estimate of drug-likeness (QED) is 0.925. The van der Waals surface area contributed by atoms with Crippen molar-refractivity contribution in [3.63, 3.8) is 0 Å². The van der Waals surface area contributed by atoms with Gasteiger partial charge in [0.25, 0.3) is 0 Å². The lowest BCUT2D eigenvalue weighted by Crippen LogP contribution is -2.32. The van der Waals surface area contributed by atoms with E-state index in [1.165, 1.54) is 6.92 Å². The molecule has 0 bridgehead atoms. The molecular formula is C13H14N2O3S. The summed E-state index contributed by atoms with van der Waals surface area (Å²) in [6.07, 6.45) is 1.03. The molecule has 6 heteroatoms. The summed E-state index contributed by atoms with van der Waals surface area (Å²) < 4.78 is 22.6. The maximum Gasteiger partial charge on any atom is 0.243 e. The van der Waals surface area contributed by atoms with Crippen LogP contribution >= 0.6 is 0 Å². The number of aromatic nitrogens is 1. The summed E-state index contributed by atoms with van der Waals surface area (Å²) >= 11 is 0. The average molecular weight is 278 g/mol. The Kier molecular flexibility index (Phi) is 3.53. The van der Waals surface area contributed by atoms with Crippen molar-refractivity contribution in [3.05, 3.63) is 36.4 Å². The van der Waals surface area contributed by atoms with Crippen LogP contribution in [0.2, 0.25) is 0 Å². The van der Waals surface area contributed by atoms with Gasteiger partial charge in [0.2, 0.25) is 5.91 Å². The average Bonchev–Trinajstić information content (AvgIpc) is 2.36. The van der Waals surface area contributed by atoms with E-state index in [2.05, 4.69) is 10.3 Å². The van der Waals surface area contributed by atoms with Crippen molar-refractivity contribution in [2.45, 2.75) is 12.2 Å². The SMILES string of the molecule is C[C@H](C(=O)Nc1ccc2ccccc2n1)S(C)(=O)=O. The van der Waals surface area contributed by atoms with E-state index in [9.17, 15) is 13.2 Å². The van der Waals surface area contributed by atoms with Crippen LogP contribution in [0.15, 0.2) is 36.4 Å². The van der Waals surface area contributed by atoms with Crippen LogP contribution in [-0.2, 0) is 14.6 Å². The summed E-state index contributed by atoms with van der Waals surface area (Å²) in [7, 11) is -3.40. The summed E-state index contributed by atoms with van der Waals surface area (Å²) in [6.45, 7) is 1.35. The third kappa shape index (κ3) is 3.08. The van der Waals surface area contributed by atoms with Gasteiger partial charge >= 0.3 is 0 Å². The summed E-state index contributed by atoms with van der Waals surface area (Å²) in [5.74, 6) is -0.232. The van der Waals surface area contributed by atoms with E-state index in [0.29, 0.717) is 5.82 Å². The molecule has 1 aromatic carbocycles. The second kappa shape index (κ2) is 4.97. The lowest BCUT2D eigenvalue weighted by molar-refractivity contribution is -0.115. The standard InChI is InChI=1S/C13H14N2O3S/c1-9(19(2,17)18)13(16)15-12-8-7-10-5-3-4-6-11(10)14-12/h3-9H,1-2H3,(H,14,15,16)/t9-/m1/s1. The Balaban J connectivity index is 2.24. The molecule has 1 atom stereocenters. The van der Waals surface area contributed by atoms with Crippen molar-refractivity contribution < 1.29 is 13.2 Å². The van der Waals surface area contributed by atoms with Gasteiger partial charge in [-0.2, -0.15) is 0 Å². The van der Waals surface area contributed by atoms with E-state index in [-0.39, 0.29) is 0 Å². The summed E-state index contributed by atoms with van der Waals surface area (Å²) in [5, 5.41) is 2.37. The first-order valence-corrected chi connectivity index (χ1v) is 7.69. The first kappa shape index (κ1) is 13.5. The van der Waals surface area contributed by atoms with Gasteiger partial charge in [-0.15, -0.1) is 0 Å². The fourth-order valence-electron chi connectivity index (χ4n) is 1.56. The van der Waals surface area contributed by atoms with E-state index >= 15 is 0 Å². The number of pyridine rings is 1. The predicted octanol–water partition coefficient (Wildman–Crippen LogP) is 1.61. The number of fused-ring (bicyclic) bond motifs is 1. The maximum absolute atomic E-state index is 11.8. The molecule has 1 aromatic heterocycles. The van der Waals surface area contributed by atoms with Crippen LogP contribution in [0, 0.1) is 0 Å². The number of hydrogen-bond donors (Lipinski definition) is 1. The molecule has 0 saturated heterocycles. The van der Waals surface area contributed by atoms with Crippen LogP contribution in [-0.4, -0.2) is 30.8 Å².